The molecule has 0 radical (unpaired) electrons. The predicted octanol–water partition coefficient (Wildman–Crippen LogP) is 3.77. The fourth-order valence-electron chi connectivity index (χ4n) is 6.00. The van der Waals surface area contributed by atoms with E-state index in [9.17, 15) is 18.0 Å². The molecule has 0 aromatic heterocycles. The second-order valence-electron chi connectivity index (χ2n) is 10.5. The van der Waals surface area contributed by atoms with Crippen molar-refractivity contribution in [3.05, 3.63) is 34.9 Å². The van der Waals surface area contributed by atoms with Crippen LogP contribution in [0.3, 0.4) is 0 Å². The highest BCUT2D eigenvalue weighted by molar-refractivity contribution is 5.83. The van der Waals surface area contributed by atoms with Crippen LogP contribution < -0.4 is 5.32 Å². The molecule has 32 heavy (non-hydrogen) atoms. The number of nitrogens with two attached hydrogens (primary N) is 1. The monoisotopic (exact) mass is 453 g/mol. The Bertz CT molecular complexity index is 841. The van der Waals surface area contributed by atoms with E-state index in [4.69, 9.17) is 4.74 Å². The van der Waals surface area contributed by atoms with Gasteiger partial charge in [-0.05, 0) is 42.0 Å². The molecule has 4 rings (SSSR count). The van der Waals surface area contributed by atoms with Crippen molar-refractivity contribution < 1.29 is 28.0 Å². The highest BCUT2D eigenvalue weighted by atomic mass is 19.4. The smallest absolute Gasteiger partial charge is 0.381 e. The number of hydrogen-bond acceptors (Lipinski definition) is 2. The summed E-state index contributed by atoms with van der Waals surface area (Å²) in [7, 11) is 0. The van der Waals surface area contributed by atoms with Crippen LogP contribution in [0.5, 0.6) is 0 Å². The van der Waals surface area contributed by atoms with Gasteiger partial charge in [0.25, 0.3) is 0 Å². The van der Waals surface area contributed by atoms with Crippen LogP contribution in [0.1, 0.15) is 63.1 Å². The Morgan fingerprint density at radius 1 is 1.25 bits per heavy atom. The SMILES string of the molecule is CC(C)[C@]1(C(=O)N2CCc3ccc(C(F)(F)F)cc3C2)CC[C@@H]([NH2+][C@H]2CCOC[C@H]2C)C1. The summed E-state index contributed by atoms with van der Waals surface area (Å²) in [5, 5.41) is 2.48. The van der Waals surface area contributed by atoms with E-state index in [0.717, 1.165) is 50.5 Å². The van der Waals surface area contributed by atoms with Crippen molar-refractivity contribution in [3.8, 4) is 0 Å². The topological polar surface area (TPSA) is 46.2 Å². The lowest BCUT2D eigenvalue weighted by molar-refractivity contribution is -0.729. The molecule has 1 aromatic carbocycles. The van der Waals surface area contributed by atoms with Crippen LogP contribution in [0.25, 0.3) is 0 Å². The third-order valence-corrected chi connectivity index (χ3v) is 8.18. The number of halogens is 3. The van der Waals surface area contributed by atoms with Gasteiger partial charge in [-0.25, -0.2) is 0 Å². The zero-order valence-electron chi connectivity index (χ0n) is 19.4. The molecular formula is C25H36F3N2O2+. The first-order chi connectivity index (χ1) is 15.1. The molecule has 1 aromatic rings. The molecule has 178 valence electrons. The summed E-state index contributed by atoms with van der Waals surface area (Å²) in [6.07, 6.45) is 0.00787. The Labute approximate surface area is 188 Å². The number of quaternary nitrogens is 1. The number of ether oxygens (including phenoxy) is 1. The molecule has 2 aliphatic heterocycles. The van der Waals surface area contributed by atoms with E-state index in [1.54, 1.807) is 6.07 Å². The first-order valence-corrected chi connectivity index (χ1v) is 12.0. The number of carbonyl (C=O) groups excluding carboxylic acids is 1. The summed E-state index contributed by atoms with van der Waals surface area (Å²) in [5.41, 5.74) is 0.502. The van der Waals surface area contributed by atoms with Crippen LogP contribution in [0, 0.1) is 17.3 Å². The molecule has 1 aliphatic carbocycles. The largest absolute Gasteiger partial charge is 0.416 e. The fourth-order valence-corrected chi connectivity index (χ4v) is 6.00. The second-order valence-corrected chi connectivity index (χ2v) is 10.5. The number of benzene rings is 1. The van der Waals surface area contributed by atoms with Crippen LogP contribution >= 0.6 is 0 Å². The van der Waals surface area contributed by atoms with Gasteiger partial charge in [-0.2, -0.15) is 13.2 Å². The number of rotatable bonds is 4. The molecule has 7 heteroatoms. The number of amides is 1. The maximum atomic E-state index is 13.8. The molecule has 0 bridgehead atoms. The van der Waals surface area contributed by atoms with E-state index in [1.165, 1.54) is 6.07 Å². The number of fused-ring (bicyclic) bond motifs is 1. The molecule has 0 unspecified atom stereocenters. The summed E-state index contributed by atoms with van der Waals surface area (Å²) in [6, 6.07) is 4.92. The molecule has 4 atom stereocenters. The molecule has 4 nitrogen and oxygen atoms in total. The zero-order chi connectivity index (χ0) is 23.1. The van der Waals surface area contributed by atoms with Crippen molar-refractivity contribution in [2.24, 2.45) is 17.3 Å². The van der Waals surface area contributed by atoms with Crippen molar-refractivity contribution in [3.63, 3.8) is 0 Å². The fraction of sp³-hybridized carbons (Fsp3) is 0.720. The summed E-state index contributed by atoms with van der Waals surface area (Å²) < 4.78 is 45.2. The minimum Gasteiger partial charge on any atom is -0.381 e. The van der Waals surface area contributed by atoms with Crippen molar-refractivity contribution in [1.29, 1.82) is 0 Å². The minimum absolute atomic E-state index is 0.131. The Kier molecular flexibility index (Phi) is 6.61. The van der Waals surface area contributed by atoms with Crippen LogP contribution in [0.4, 0.5) is 13.2 Å². The molecule has 2 fully saturated rings. The number of nitrogens with zero attached hydrogens (tertiary/aromatic N) is 1. The van der Waals surface area contributed by atoms with E-state index in [-0.39, 0.29) is 18.4 Å². The van der Waals surface area contributed by atoms with Crippen molar-refractivity contribution >= 4 is 5.91 Å². The minimum atomic E-state index is -4.36. The van der Waals surface area contributed by atoms with Crippen molar-refractivity contribution in [1.82, 2.24) is 4.90 Å². The Morgan fingerprint density at radius 2 is 2.03 bits per heavy atom. The van der Waals surface area contributed by atoms with Crippen molar-refractivity contribution in [2.45, 2.75) is 77.7 Å². The summed E-state index contributed by atoms with van der Waals surface area (Å²) in [6.45, 7) is 8.94. The molecule has 1 saturated heterocycles. The lowest BCUT2D eigenvalue weighted by Crippen LogP contribution is -2.96. The molecule has 3 aliphatic rings. The van der Waals surface area contributed by atoms with Crippen LogP contribution in [0.2, 0.25) is 0 Å². The number of carbonyl (C=O) groups is 1. The Balaban J connectivity index is 1.48. The first-order valence-electron chi connectivity index (χ1n) is 12.0. The van der Waals surface area contributed by atoms with E-state index in [2.05, 4.69) is 26.1 Å². The summed E-state index contributed by atoms with van der Waals surface area (Å²) >= 11 is 0. The van der Waals surface area contributed by atoms with Gasteiger partial charge in [0.1, 0.15) is 0 Å². The maximum Gasteiger partial charge on any atom is 0.416 e. The lowest BCUT2D eigenvalue weighted by Gasteiger charge is -2.39. The van der Waals surface area contributed by atoms with Gasteiger partial charge >= 0.3 is 6.18 Å². The normalized spacial score (nSPS) is 31.1. The zero-order valence-corrected chi connectivity index (χ0v) is 19.4. The molecule has 1 amide bonds. The standard InChI is InChI=1S/C25H35F3N2O2/c1-16(2)24(9-6-21(13-24)29-22-8-11-32-15-17(22)3)23(31)30-10-7-18-4-5-20(25(26,27)28)12-19(18)14-30/h4-5,12,16-17,21-22,29H,6-11,13-15H2,1-3H3/p+1/t17-,21-,22+,24+/m1/s1. The molecule has 0 spiro atoms. The quantitative estimate of drug-likeness (QED) is 0.754. The van der Waals surface area contributed by atoms with E-state index >= 15 is 0 Å². The van der Waals surface area contributed by atoms with E-state index in [1.807, 2.05) is 4.90 Å². The van der Waals surface area contributed by atoms with Gasteiger partial charge in [0.15, 0.2) is 0 Å². The van der Waals surface area contributed by atoms with Gasteiger partial charge in [0.05, 0.1) is 36.3 Å². The molecule has 1 saturated carbocycles. The highest BCUT2D eigenvalue weighted by Gasteiger charge is 2.51. The predicted molar refractivity (Wildman–Crippen MR) is 116 cm³/mol. The van der Waals surface area contributed by atoms with E-state index < -0.39 is 17.2 Å². The van der Waals surface area contributed by atoms with Gasteiger partial charge in [-0.1, -0.05) is 26.8 Å². The molecule has 2 heterocycles. The van der Waals surface area contributed by atoms with E-state index in [0.29, 0.717) is 36.5 Å². The van der Waals surface area contributed by atoms with Crippen molar-refractivity contribution in [2.75, 3.05) is 19.8 Å². The average Bonchev–Trinajstić information content (AvgIpc) is 3.19. The third-order valence-electron chi connectivity index (χ3n) is 8.18. The van der Waals surface area contributed by atoms with Gasteiger partial charge < -0.3 is 15.0 Å². The Hall–Kier alpha value is -1.60. The highest BCUT2D eigenvalue weighted by Crippen LogP contribution is 2.46. The summed E-state index contributed by atoms with van der Waals surface area (Å²) in [5.74, 6) is 0.838. The van der Waals surface area contributed by atoms with Crippen LogP contribution in [0.15, 0.2) is 18.2 Å². The van der Waals surface area contributed by atoms with Gasteiger partial charge in [0.2, 0.25) is 5.91 Å². The Morgan fingerprint density at radius 3 is 2.72 bits per heavy atom. The lowest BCUT2D eigenvalue weighted by atomic mass is 9.73. The molecular weight excluding hydrogens is 417 g/mol. The van der Waals surface area contributed by atoms with Gasteiger partial charge in [-0.15, -0.1) is 0 Å². The van der Waals surface area contributed by atoms with Crippen LogP contribution in [-0.4, -0.2) is 42.6 Å². The average molecular weight is 454 g/mol. The third kappa shape index (κ3) is 4.56. The number of alkyl halides is 3. The van der Waals surface area contributed by atoms with Gasteiger partial charge in [-0.3, -0.25) is 4.79 Å². The second kappa shape index (κ2) is 8.98. The van der Waals surface area contributed by atoms with Gasteiger partial charge in [0, 0.05) is 38.3 Å². The molecule has 2 N–H and O–H groups in total. The maximum absolute atomic E-state index is 13.8. The van der Waals surface area contributed by atoms with Crippen LogP contribution in [-0.2, 0) is 28.7 Å². The summed E-state index contributed by atoms with van der Waals surface area (Å²) in [4.78, 5) is 15.6. The number of hydrogen-bond donors (Lipinski definition) is 1. The first kappa shape index (κ1) is 23.6.